The van der Waals surface area contributed by atoms with Gasteiger partial charge in [0.05, 0.1) is 0 Å². The highest BCUT2D eigenvalue weighted by Crippen LogP contribution is 2.12. The first-order valence-corrected chi connectivity index (χ1v) is 16.3. The minimum absolute atomic E-state index is 0.0604. The van der Waals surface area contributed by atoms with Gasteiger partial charge in [0, 0.05) is 19.4 Å². The van der Waals surface area contributed by atoms with Gasteiger partial charge in [0.25, 0.3) is 0 Å². The zero-order valence-electron chi connectivity index (χ0n) is 25.3. The van der Waals surface area contributed by atoms with Gasteiger partial charge in [-0.05, 0) is 38.5 Å². The van der Waals surface area contributed by atoms with Gasteiger partial charge >= 0.3 is 11.9 Å². The first-order valence-electron chi connectivity index (χ1n) is 16.3. The Morgan fingerprint density at radius 3 is 1.42 bits per heavy atom. The van der Waals surface area contributed by atoms with Gasteiger partial charge in [0.15, 0.2) is 0 Å². The molecule has 0 radical (unpaired) electrons. The van der Waals surface area contributed by atoms with Crippen molar-refractivity contribution < 1.29 is 19.1 Å². The van der Waals surface area contributed by atoms with Crippen molar-refractivity contribution in [2.75, 3.05) is 13.2 Å². The van der Waals surface area contributed by atoms with E-state index in [1.165, 1.54) is 103 Å². The van der Waals surface area contributed by atoms with Crippen LogP contribution in [0.15, 0.2) is 12.2 Å². The van der Waals surface area contributed by atoms with Crippen molar-refractivity contribution in [2.24, 2.45) is 5.73 Å². The smallest absolute Gasteiger partial charge is 0.306 e. The zero-order chi connectivity index (χ0) is 27.9. The van der Waals surface area contributed by atoms with Crippen molar-refractivity contribution in [3.63, 3.8) is 0 Å². The number of ether oxygens (including phenoxy) is 2. The summed E-state index contributed by atoms with van der Waals surface area (Å²) in [6.45, 7) is 4.73. The highest BCUT2D eigenvalue weighted by Gasteiger charge is 2.15. The van der Waals surface area contributed by atoms with Crippen LogP contribution in [0.2, 0.25) is 0 Å². The van der Waals surface area contributed by atoms with Crippen LogP contribution in [-0.4, -0.2) is 31.2 Å². The number of esters is 2. The van der Waals surface area contributed by atoms with Crippen LogP contribution in [0.3, 0.4) is 0 Å². The van der Waals surface area contributed by atoms with Crippen LogP contribution in [0, 0.1) is 0 Å². The third-order valence-electron chi connectivity index (χ3n) is 7.12. The van der Waals surface area contributed by atoms with Gasteiger partial charge in [-0.2, -0.15) is 0 Å². The van der Waals surface area contributed by atoms with E-state index in [1.54, 1.807) is 0 Å². The van der Waals surface area contributed by atoms with Crippen LogP contribution >= 0.6 is 0 Å². The van der Waals surface area contributed by atoms with E-state index in [0.29, 0.717) is 12.8 Å². The van der Waals surface area contributed by atoms with E-state index in [0.717, 1.165) is 38.5 Å². The van der Waals surface area contributed by atoms with Crippen LogP contribution < -0.4 is 5.73 Å². The van der Waals surface area contributed by atoms with Crippen molar-refractivity contribution in [2.45, 2.75) is 174 Å². The molecular formula is C33H63NO4. The average molecular weight is 538 g/mol. The lowest BCUT2D eigenvalue weighted by molar-refractivity contribution is -0.158. The summed E-state index contributed by atoms with van der Waals surface area (Å²) in [5.74, 6) is -0.465. The molecule has 0 aromatic heterocycles. The molecule has 0 aliphatic rings. The lowest BCUT2D eigenvalue weighted by atomic mass is 10.1. The van der Waals surface area contributed by atoms with Crippen molar-refractivity contribution in [3.8, 4) is 0 Å². The highest BCUT2D eigenvalue weighted by molar-refractivity contribution is 5.70. The van der Waals surface area contributed by atoms with Crippen LogP contribution in [0.4, 0.5) is 0 Å². The number of unbranched alkanes of at least 4 members (excludes halogenated alkanes) is 19. The summed E-state index contributed by atoms with van der Waals surface area (Å²) in [6.07, 6.45) is 31.9. The minimum atomic E-state index is -0.544. The van der Waals surface area contributed by atoms with Gasteiger partial charge < -0.3 is 15.2 Å². The fraction of sp³-hybridized carbons (Fsp3) is 0.879. The molecule has 0 saturated carbocycles. The van der Waals surface area contributed by atoms with Crippen LogP contribution in [0.25, 0.3) is 0 Å². The Morgan fingerprint density at radius 1 is 0.579 bits per heavy atom. The Morgan fingerprint density at radius 2 is 0.974 bits per heavy atom. The second-order valence-electron chi connectivity index (χ2n) is 10.9. The molecule has 0 aromatic carbocycles. The molecule has 0 saturated heterocycles. The molecule has 5 nitrogen and oxygen atoms in total. The molecule has 0 aromatic rings. The standard InChI is InChI=1S/C33H63NO4/c1-3-5-7-9-11-13-14-15-16-17-18-20-22-24-26-28-33(36)38-31(29-34)30-37-32(35)27-25-23-21-19-12-10-8-6-4-2/h15-16,31H,3-14,17-30,34H2,1-2H3/b16-15-. The average Bonchev–Trinajstić information content (AvgIpc) is 2.92. The van der Waals surface area contributed by atoms with E-state index in [1.807, 2.05) is 0 Å². The lowest BCUT2D eigenvalue weighted by Gasteiger charge is -2.16. The number of carbonyl (C=O) groups excluding carboxylic acids is 2. The molecule has 0 amide bonds. The summed E-state index contributed by atoms with van der Waals surface area (Å²) < 4.78 is 10.7. The molecular weight excluding hydrogens is 474 g/mol. The lowest BCUT2D eigenvalue weighted by Crippen LogP contribution is -2.32. The number of nitrogens with two attached hydrogens (primary N) is 1. The van der Waals surface area contributed by atoms with Gasteiger partial charge in [0.1, 0.15) is 12.7 Å². The number of allylic oxidation sites excluding steroid dienone is 2. The van der Waals surface area contributed by atoms with Gasteiger partial charge in [0.2, 0.25) is 0 Å². The predicted octanol–water partition coefficient (Wildman–Crippen LogP) is 9.36. The molecule has 5 heteroatoms. The fourth-order valence-corrected chi connectivity index (χ4v) is 4.57. The molecule has 0 heterocycles. The normalized spacial score (nSPS) is 12.2. The molecule has 38 heavy (non-hydrogen) atoms. The molecule has 0 aliphatic heterocycles. The molecule has 1 unspecified atom stereocenters. The Bertz CT molecular complexity index is 549. The van der Waals surface area contributed by atoms with E-state index >= 15 is 0 Å². The number of carbonyl (C=O) groups is 2. The first-order chi connectivity index (χ1) is 18.6. The maximum absolute atomic E-state index is 12.1. The van der Waals surface area contributed by atoms with Gasteiger partial charge in [-0.3, -0.25) is 9.59 Å². The highest BCUT2D eigenvalue weighted by atomic mass is 16.6. The molecule has 1 atom stereocenters. The van der Waals surface area contributed by atoms with Crippen LogP contribution in [-0.2, 0) is 19.1 Å². The molecule has 224 valence electrons. The van der Waals surface area contributed by atoms with E-state index in [2.05, 4.69) is 26.0 Å². The Labute approximate surface area is 236 Å². The summed E-state index contributed by atoms with van der Waals surface area (Å²) in [4.78, 5) is 24.1. The van der Waals surface area contributed by atoms with Gasteiger partial charge in [-0.25, -0.2) is 0 Å². The SMILES string of the molecule is CCCCCCCC/C=C\CCCCCCCC(=O)OC(CN)COC(=O)CCCCCCCCCCC. The molecule has 0 rings (SSSR count). The fourth-order valence-electron chi connectivity index (χ4n) is 4.57. The zero-order valence-corrected chi connectivity index (χ0v) is 25.3. The predicted molar refractivity (Wildman–Crippen MR) is 161 cm³/mol. The first kappa shape index (κ1) is 36.6. The summed E-state index contributed by atoms with van der Waals surface area (Å²) in [6, 6.07) is 0. The summed E-state index contributed by atoms with van der Waals surface area (Å²) in [7, 11) is 0. The third-order valence-corrected chi connectivity index (χ3v) is 7.12. The molecule has 0 spiro atoms. The number of hydrogen-bond acceptors (Lipinski definition) is 5. The quantitative estimate of drug-likeness (QED) is 0.0584. The second kappa shape index (κ2) is 30.2. The van der Waals surface area contributed by atoms with Crippen molar-refractivity contribution in [1.82, 2.24) is 0 Å². The maximum Gasteiger partial charge on any atom is 0.306 e. The summed E-state index contributed by atoms with van der Waals surface area (Å²) in [5, 5.41) is 0. The topological polar surface area (TPSA) is 78.6 Å². The van der Waals surface area contributed by atoms with Gasteiger partial charge in [-0.15, -0.1) is 0 Å². The Hall–Kier alpha value is -1.36. The number of rotatable bonds is 29. The van der Waals surface area contributed by atoms with Crippen LogP contribution in [0.5, 0.6) is 0 Å². The van der Waals surface area contributed by atoms with Crippen molar-refractivity contribution in [1.29, 1.82) is 0 Å². The maximum atomic E-state index is 12.1. The minimum Gasteiger partial charge on any atom is -0.462 e. The van der Waals surface area contributed by atoms with E-state index < -0.39 is 6.10 Å². The molecule has 2 N–H and O–H groups in total. The molecule has 0 bridgehead atoms. The Balaban J connectivity index is 3.58. The Kier molecular flexibility index (Phi) is 29.1. The summed E-state index contributed by atoms with van der Waals surface area (Å²) >= 11 is 0. The van der Waals surface area contributed by atoms with Crippen molar-refractivity contribution in [3.05, 3.63) is 12.2 Å². The largest absolute Gasteiger partial charge is 0.462 e. The monoisotopic (exact) mass is 537 g/mol. The van der Waals surface area contributed by atoms with E-state index in [9.17, 15) is 9.59 Å². The van der Waals surface area contributed by atoms with E-state index in [-0.39, 0.29) is 25.1 Å². The van der Waals surface area contributed by atoms with E-state index in [4.69, 9.17) is 15.2 Å². The number of hydrogen-bond donors (Lipinski definition) is 1. The summed E-state index contributed by atoms with van der Waals surface area (Å²) in [5.41, 5.74) is 5.72. The van der Waals surface area contributed by atoms with Gasteiger partial charge in [-0.1, -0.05) is 129 Å². The molecule has 0 aliphatic carbocycles. The van der Waals surface area contributed by atoms with Crippen LogP contribution in [0.1, 0.15) is 168 Å². The third kappa shape index (κ3) is 27.7. The second-order valence-corrected chi connectivity index (χ2v) is 10.9. The van der Waals surface area contributed by atoms with Crippen molar-refractivity contribution >= 4 is 11.9 Å². The molecule has 0 fully saturated rings.